The van der Waals surface area contributed by atoms with Crippen molar-refractivity contribution in [2.75, 3.05) is 31.1 Å². The van der Waals surface area contributed by atoms with Gasteiger partial charge in [0.05, 0.1) is 12.1 Å². The van der Waals surface area contributed by atoms with Crippen molar-refractivity contribution in [3.63, 3.8) is 0 Å². The van der Waals surface area contributed by atoms with Crippen molar-refractivity contribution in [3.8, 4) is 11.8 Å². The third-order valence-corrected chi connectivity index (χ3v) is 5.78. The maximum Gasteiger partial charge on any atom is 0.329 e. The zero-order valence-corrected chi connectivity index (χ0v) is 17.3. The summed E-state index contributed by atoms with van der Waals surface area (Å²) in [4.78, 5) is 29.5. The number of benzene rings is 2. The number of fused-ring (bicyclic) bond motifs is 1. The number of hydrogen-bond donors (Lipinski definition) is 2. The fourth-order valence-corrected chi connectivity index (χ4v) is 4.22. The normalized spacial score (nSPS) is 20.0. The van der Waals surface area contributed by atoms with Crippen molar-refractivity contribution in [1.82, 2.24) is 9.80 Å². The lowest BCUT2D eigenvalue weighted by molar-refractivity contribution is -0.145. The highest BCUT2D eigenvalue weighted by atomic mass is 16.4. The number of urea groups is 1. The van der Waals surface area contributed by atoms with E-state index in [9.17, 15) is 19.8 Å². The van der Waals surface area contributed by atoms with Crippen LogP contribution in [0.1, 0.15) is 18.1 Å². The minimum Gasteiger partial charge on any atom is -0.480 e. The molecule has 7 heteroatoms. The molecule has 2 aromatic rings. The molecule has 2 heterocycles. The lowest BCUT2D eigenvalue weighted by atomic mass is 10.1. The predicted molar refractivity (Wildman–Crippen MR) is 117 cm³/mol. The molecule has 1 unspecified atom stereocenters. The van der Waals surface area contributed by atoms with E-state index < -0.39 is 18.1 Å². The molecule has 0 spiro atoms. The molecule has 160 valence electrons. The van der Waals surface area contributed by atoms with E-state index in [4.69, 9.17) is 0 Å². The maximum atomic E-state index is 12.7. The summed E-state index contributed by atoms with van der Waals surface area (Å²) >= 11 is 0. The molecular formula is C24H25N3O4. The minimum absolute atomic E-state index is 0.112. The van der Waals surface area contributed by atoms with E-state index in [-0.39, 0.29) is 18.6 Å². The third-order valence-electron chi connectivity index (χ3n) is 5.78. The van der Waals surface area contributed by atoms with Gasteiger partial charge in [-0.15, -0.1) is 0 Å². The zero-order chi connectivity index (χ0) is 22.0. The van der Waals surface area contributed by atoms with E-state index in [2.05, 4.69) is 16.7 Å². The molecule has 0 bridgehead atoms. The third kappa shape index (κ3) is 4.35. The predicted octanol–water partition coefficient (Wildman–Crippen LogP) is 1.85. The molecule has 7 nitrogen and oxygen atoms in total. The number of carboxylic acids is 1. The van der Waals surface area contributed by atoms with Crippen molar-refractivity contribution in [3.05, 3.63) is 65.7 Å². The second kappa shape index (κ2) is 8.70. The van der Waals surface area contributed by atoms with Crippen LogP contribution >= 0.6 is 0 Å². The Morgan fingerprint density at radius 1 is 1.00 bits per heavy atom. The number of carbonyl (C=O) groups is 2. The number of aliphatic hydroxyl groups excluding tert-OH is 1. The molecule has 2 saturated heterocycles. The van der Waals surface area contributed by atoms with Gasteiger partial charge in [-0.2, -0.15) is 0 Å². The van der Waals surface area contributed by atoms with Gasteiger partial charge < -0.3 is 24.9 Å². The van der Waals surface area contributed by atoms with Gasteiger partial charge in [0.25, 0.3) is 0 Å². The minimum atomic E-state index is -1.23. The smallest absolute Gasteiger partial charge is 0.329 e. The van der Waals surface area contributed by atoms with Gasteiger partial charge in [-0.25, -0.2) is 9.59 Å². The Bertz CT molecular complexity index is 1010. The van der Waals surface area contributed by atoms with Gasteiger partial charge in [-0.3, -0.25) is 0 Å². The summed E-state index contributed by atoms with van der Waals surface area (Å²) in [7, 11) is 0. The van der Waals surface area contributed by atoms with Gasteiger partial charge in [0.15, 0.2) is 6.04 Å². The lowest BCUT2D eigenvalue weighted by Gasteiger charge is -2.37. The van der Waals surface area contributed by atoms with Crippen LogP contribution in [0.2, 0.25) is 0 Å². The average Bonchev–Trinajstić information content (AvgIpc) is 3.08. The van der Waals surface area contributed by atoms with Gasteiger partial charge in [0, 0.05) is 43.0 Å². The summed E-state index contributed by atoms with van der Waals surface area (Å²) in [5.74, 6) is 5.13. The molecule has 2 aromatic carbocycles. The quantitative estimate of drug-likeness (QED) is 0.739. The van der Waals surface area contributed by atoms with Crippen molar-refractivity contribution in [2.24, 2.45) is 0 Å². The van der Waals surface area contributed by atoms with Crippen molar-refractivity contribution >= 4 is 17.7 Å². The van der Waals surface area contributed by atoms with Crippen molar-refractivity contribution < 1.29 is 19.8 Å². The second-order valence-electron chi connectivity index (χ2n) is 7.91. The number of carboxylic acid groups (broad SMARTS) is 1. The Hall–Kier alpha value is -3.50. The number of nitrogens with zero attached hydrogens (tertiary/aromatic N) is 3. The van der Waals surface area contributed by atoms with Crippen LogP contribution in [0.5, 0.6) is 0 Å². The number of hydrogen-bond acceptors (Lipinski definition) is 4. The monoisotopic (exact) mass is 419 g/mol. The Kier molecular flexibility index (Phi) is 5.83. The van der Waals surface area contributed by atoms with Crippen LogP contribution in [0.3, 0.4) is 0 Å². The number of anilines is 1. The molecule has 2 fully saturated rings. The summed E-state index contributed by atoms with van der Waals surface area (Å²) in [5, 5.41) is 19.3. The molecular weight excluding hydrogens is 394 g/mol. The first kappa shape index (κ1) is 20.8. The summed E-state index contributed by atoms with van der Waals surface area (Å²) < 4.78 is 0. The van der Waals surface area contributed by atoms with E-state index >= 15 is 0 Å². The standard InChI is InChI=1S/C24H25N3O4/c1-17(28)22(23(29)30)27-16-21-15-25(13-14-26(21)24(27)31)20-11-9-19(10-12-20)8-7-18-5-3-2-4-6-18/h2-6,9-12,17,21-22,28H,13-16H2,1H3,(H,29,30)/t17-,21?,22+/m1/s1. The van der Waals surface area contributed by atoms with Crippen molar-refractivity contribution in [2.45, 2.75) is 25.1 Å². The molecule has 0 saturated carbocycles. The first-order valence-corrected chi connectivity index (χ1v) is 10.3. The van der Waals surface area contributed by atoms with Crippen LogP contribution in [0.25, 0.3) is 0 Å². The molecule has 0 aliphatic carbocycles. The summed E-state index contributed by atoms with van der Waals surface area (Å²) in [5.41, 5.74) is 2.94. The van der Waals surface area contributed by atoms with Gasteiger partial charge >= 0.3 is 12.0 Å². The molecule has 4 rings (SSSR count). The Morgan fingerprint density at radius 2 is 1.65 bits per heavy atom. The zero-order valence-electron chi connectivity index (χ0n) is 17.3. The first-order chi connectivity index (χ1) is 14.9. The van der Waals surface area contributed by atoms with Crippen LogP contribution in [0.4, 0.5) is 10.5 Å². The van der Waals surface area contributed by atoms with Crippen LogP contribution < -0.4 is 4.90 Å². The highest BCUT2D eigenvalue weighted by Crippen LogP contribution is 2.27. The Balaban J connectivity index is 1.43. The molecule has 2 amide bonds. The molecule has 2 aliphatic rings. The average molecular weight is 419 g/mol. The van der Waals surface area contributed by atoms with Crippen molar-refractivity contribution in [1.29, 1.82) is 0 Å². The van der Waals surface area contributed by atoms with Gasteiger partial charge in [0.1, 0.15) is 0 Å². The summed E-state index contributed by atoms with van der Waals surface area (Å²) in [6, 6.07) is 16.2. The molecule has 31 heavy (non-hydrogen) atoms. The number of aliphatic carboxylic acids is 1. The topological polar surface area (TPSA) is 84.3 Å². The molecule has 3 atom stereocenters. The van der Waals surface area contributed by atoms with Crippen LogP contribution in [-0.4, -0.2) is 76.4 Å². The lowest BCUT2D eigenvalue weighted by Crippen LogP contribution is -2.52. The van der Waals surface area contributed by atoms with E-state index in [0.717, 1.165) is 16.8 Å². The molecule has 0 aromatic heterocycles. The molecule has 0 radical (unpaired) electrons. The largest absolute Gasteiger partial charge is 0.480 e. The van der Waals surface area contributed by atoms with Crippen LogP contribution in [0, 0.1) is 11.8 Å². The fraction of sp³-hybridized carbons (Fsp3) is 0.333. The van der Waals surface area contributed by atoms with Crippen LogP contribution in [0.15, 0.2) is 54.6 Å². The van der Waals surface area contributed by atoms with E-state index in [1.165, 1.54) is 11.8 Å². The maximum absolute atomic E-state index is 12.7. The number of piperazine rings is 1. The summed E-state index contributed by atoms with van der Waals surface area (Å²) in [6.45, 7) is 3.48. The van der Waals surface area contributed by atoms with Crippen LogP contribution in [-0.2, 0) is 4.79 Å². The van der Waals surface area contributed by atoms with Gasteiger partial charge in [-0.1, -0.05) is 30.0 Å². The molecule has 2 aliphatic heterocycles. The Morgan fingerprint density at radius 3 is 2.26 bits per heavy atom. The van der Waals surface area contributed by atoms with E-state index in [1.807, 2.05) is 54.6 Å². The highest BCUT2D eigenvalue weighted by Gasteiger charge is 2.46. The molecule has 2 N–H and O–H groups in total. The second-order valence-corrected chi connectivity index (χ2v) is 7.91. The number of rotatable bonds is 4. The SMILES string of the molecule is C[C@@H](O)[C@@H](C(=O)O)N1CC2CN(c3ccc(C#Cc4ccccc4)cc3)CCN2C1=O. The fourth-order valence-electron chi connectivity index (χ4n) is 4.22. The van der Waals surface area contributed by atoms with Gasteiger partial charge in [-0.05, 0) is 43.3 Å². The Labute approximate surface area is 181 Å². The van der Waals surface area contributed by atoms with E-state index in [1.54, 1.807) is 4.90 Å². The van der Waals surface area contributed by atoms with E-state index in [0.29, 0.717) is 19.6 Å². The first-order valence-electron chi connectivity index (χ1n) is 10.3. The number of carbonyl (C=O) groups excluding carboxylic acids is 1. The van der Waals surface area contributed by atoms with Gasteiger partial charge in [0.2, 0.25) is 0 Å². The number of amides is 2. The number of aliphatic hydroxyl groups is 1. The highest BCUT2D eigenvalue weighted by molar-refractivity contribution is 5.85. The summed E-state index contributed by atoms with van der Waals surface area (Å²) in [6.07, 6.45) is -1.14.